The summed E-state index contributed by atoms with van der Waals surface area (Å²) in [6, 6.07) is 0. The van der Waals surface area contributed by atoms with Crippen molar-refractivity contribution in [3.8, 4) is 0 Å². The second-order valence-corrected chi connectivity index (χ2v) is 6.03. The molecule has 0 N–H and O–H groups in total. The maximum atomic E-state index is 12.4. The first-order valence-electron chi connectivity index (χ1n) is 5.67. The van der Waals surface area contributed by atoms with E-state index in [0.717, 1.165) is 12.8 Å². The molecule has 1 atom stereocenters. The van der Waals surface area contributed by atoms with Gasteiger partial charge in [-0.05, 0) is 25.7 Å². The van der Waals surface area contributed by atoms with Gasteiger partial charge in [0.15, 0.2) is 0 Å². The number of rotatable bonds is 2. The average molecular weight is 300 g/mol. The van der Waals surface area contributed by atoms with Crippen LogP contribution >= 0.6 is 22.9 Å². The highest BCUT2D eigenvalue weighted by atomic mass is 35.5. The van der Waals surface area contributed by atoms with Gasteiger partial charge in [0.1, 0.15) is 0 Å². The minimum atomic E-state index is -4.40. The molecule has 0 aliphatic carbocycles. The number of halogens is 4. The predicted octanol–water partition coefficient (Wildman–Crippen LogP) is 3.40. The second kappa shape index (κ2) is 5.21. The van der Waals surface area contributed by atoms with Crippen molar-refractivity contribution in [1.82, 2.24) is 10.2 Å². The van der Waals surface area contributed by atoms with Crippen LogP contribution < -0.4 is 4.90 Å². The lowest BCUT2D eigenvalue weighted by Gasteiger charge is -2.32. The third-order valence-corrected chi connectivity index (χ3v) is 4.50. The molecule has 0 aromatic carbocycles. The zero-order chi connectivity index (χ0) is 13.3. The van der Waals surface area contributed by atoms with Crippen LogP contribution in [-0.2, 0) is 6.18 Å². The van der Waals surface area contributed by atoms with Crippen molar-refractivity contribution in [1.29, 1.82) is 0 Å². The Morgan fingerprint density at radius 3 is 2.39 bits per heavy atom. The third kappa shape index (κ3) is 3.06. The van der Waals surface area contributed by atoms with E-state index in [9.17, 15) is 13.2 Å². The maximum Gasteiger partial charge on any atom is 0.445 e. The summed E-state index contributed by atoms with van der Waals surface area (Å²) in [6.45, 7) is 3.33. The summed E-state index contributed by atoms with van der Waals surface area (Å²) in [6.07, 6.45) is -2.64. The molecule has 1 fully saturated rings. The van der Waals surface area contributed by atoms with E-state index in [1.807, 2.05) is 11.8 Å². The molecule has 8 heteroatoms. The van der Waals surface area contributed by atoms with Gasteiger partial charge in [0, 0.05) is 18.5 Å². The molecule has 1 saturated heterocycles. The van der Waals surface area contributed by atoms with Crippen LogP contribution in [0.25, 0.3) is 0 Å². The molecular weight excluding hydrogens is 287 g/mol. The number of nitrogens with zero attached hydrogens (tertiary/aromatic N) is 3. The van der Waals surface area contributed by atoms with E-state index in [0.29, 0.717) is 35.5 Å². The molecule has 2 heterocycles. The molecule has 0 radical (unpaired) electrons. The van der Waals surface area contributed by atoms with Gasteiger partial charge in [0.25, 0.3) is 0 Å². The average Bonchev–Trinajstić information content (AvgIpc) is 2.78. The van der Waals surface area contributed by atoms with Gasteiger partial charge in [-0.3, -0.25) is 0 Å². The van der Waals surface area contributed by atoms with E-state index in [1.165, 1.54) is 0 Å². The van der Waals surface area contributed by atoms with Crippen molar-refractivity contribution in [3.63, 3.8) is 0 Å². The van der Waals surface area contributed by atoms with Crippen molar-refractivity contribution in [2.45, 2.75) is 31.3 Å². The summed E-state index contributed by atoms with van der Waals surface area (Å²) in [5, 5.41) is 6.38. The normalized spacial score (nSPS) is 20.2. The van der Waals surface area contributed by atoms with Crippen LogP contribution in [0, 0.1) is 5.92 Å². The first-order valence-corrected chi connectivity index (χ1v) is 6.93. The number of alkyl halides is 4. The predicted molar refractivity (Wildman–Crippen MR) is 65.2 cm³/mol. The number of aromatic nitrogens is 2. The third-order valence-electron chi connectivity index (χ3n) is 3.12. The Labute approximate surface area is 112 Å². The highest BCUT2D eigenvalue weighted by Crippen LogP contribution is 2.35. The SMILES string of the molecule is CC(Cl)C1CCN(c2nnc(C(F)(F)F)s2)CC1. The monoisotopic (exact) mass is 299 g/mol. The molecule has 3 nitrogen and oxygen atoms in total. The van der Waals surface area contributed by atoms with E-state index in [2.05, 4.69) is 10.2 Å². The summed E-state index contributed by atoms with van der Waals surface area (Å²) >= 11 is 6.62. The number of hydrogen-bond acceptors (Lipinski definition) is 4. The Morgan fingerprint density at radius 1 is 1.33 bits per heavy atom. The van der Waals surface area contributed by atoms with Crippen LogP contribution in [0.1, 0.15) is 24.8 Å². The van der Waals surface area contributed by atoms with Gasteiger partial charge in [-0.25, -0.2) is 0 Å². The van der Waals surface area contributed by atoms with Crippen LogP contribution in [0.3, 0.4) is 0 Å². The van der Waals surface area contributed by atoms with Crippen LogP contribution in [0.2, 0.25) is 0 Å². The number of hydrogen-bond donors (Lipinski definition) is 0. The molecular formula is C10H13ClF3N3S. The fourth-order valence-corrected chi connectivity index (χ4v) is 3.02. The highest BCUT2D eigenvalue weighted by molar-refractivity contribution is 7.15. The minimum absolute atomic E-state index is 0.104. The smallest absolute Gasteiger partial charge is 0.347 e. The summed E-state index contributed by atoms with van der Waals surface area (Å²) < 4.78 is 37.2. The van der Waals surface area contributed by atoms with E-state index in [1.54, 1.807) is 0 Å². The molecule has 1 aliphatic heterocycles. The molecule has 1 aromatic heterocycles. The molecule has 0 spiro atoms. The van der Waals surface area contributed by atoms with E-state index < -0.39 is 11.2 Å². The maximum absolute atomic E-state index is 12.4. The van der Waals surface area contributed by atoms with Gasteiger partial charge in [-0.2, -0.15) is 13.2 Å². The molecule has 1 aromatic rings. The molecule has 0 amide bonds. The Balaban J connectivity index is 2.00. The lowest BCUT2D eigenvalue weighted by atomic mass is 9.94. The summed E-state index contributed by atoms with van der Waals surface area (Å²) in [7, 11) is 0. The van der Waals surface area contributed by atoms with Crippen molar-refractivity contribution in [2.75, 3.05) is 18.0 Å². The summed E-state index contributed by atoms with van der Waals surface area (Å²) in [4.78, 5) is 1.85. The van der Waals surface area contributed by atoms with Gasteiger partial charge in [0.2, 0.25) is 10.1 Å². The molecule has 102 valence electrons. The first-order chi connectivity index (χ1) is 8.38. The zero-order valence-corrected chi connectivity index (χ0v) is 11.3. The van der Waals surface area contributed by atoms with Crippen molar-refractivity contribution in [2.24, 2.45) is 5.92 Å². The fraction of sp³-hybridized carbons (Fsp3) is 0.800. The molecule has 1 aliphatic rings. The van der Waals surface area contributed by atoms with Crippen LogP contribution in [0.15, 0.2) is 0 Å². The number of anilines is 1. The van der Waals surface area contributed by atoms with Gasteiger partial charge in [0.05, 0.1) is 0 Å². The Morgan fingerprint density at radius 2 is 1.94 bits per heavy atom. The lowest BCUT2D eigenvalue weighted by Crippen LogP contribution is -2.35. The van der Waals surface area contributed by atoms with E-state index in [4.69, 9.17) is 11.6 Å². The van der Waals surface area contributed by atoms with Gasteiger partial charge >= 0.3 is 6.18 Å². The van der Waals surface area contributed by atoms with Gasteiger partial charge in [-0.15, -0.1) is 21.8 Å². The van der Waals surface area contributed by atoms with Crippen LogP contribution in [0.5, 0.6) is 0 Å². The highest BCUT2D eigenvalue weighted by Gasteiger charge is 2.36. The zero-order valence-electron chi connectivity index (χ0n) is 9.74. The first kappa shape index (κ1) is 13.9. The number of piperidine rings is 1. The largest absolute Gasteiger partial charge is 0.445 e. The Hall–Kier alpha value is -0.560. The molecule has 0 saturated carbocycles. The molecule has 18 heavy (non-hydrogen) atoms. The van der Waals surface area contributed by atoms with Crippen molar-refractivity contribution in [3.05, 3.63) is 5.01 Å². The fourth-order valence-electron chi connectivity index (χ4n) is 2.01. The Bertz CT molecular complexity index is 399. The van der Waals surface area contributed by atoms with Crippen molar-refractivity contribution >= 4 is 28.1 Å². The van der Waals surface area contributed by atoms with E-state index >= 15 is 0 Å². The van der Waals surface area contributed by atoms with Crippen LogP contribution in [0.4, 0.5) is 18.3 Å². The Kier molecular flexibility index (Phi) is 4.01. The molecule has 2 rings (SSSR count). The minimum Gasteiger partial charge on any atom is -0.347 e. The topological polar surface area (TPSA) is 29.0 Å². The van der Waals surface area contributed by atoms with E-state index in [-0.39, 0.29) is 5.38 Å². The second-order valence-electron chi connectivity index (χ2n) is 4.39. The van der Waals surface area contributed by atoms with Crippen LogP contribution in [-0.4, -0.2) is 28.7 Å². The van der Waals surface area contributed by atoms with Gasteiger partial charge in [-0.1, -0.05) is 11.3 Å². The standard InChI is InChI=1S/C10H13ClF3N3S/c1-6(11)7-2-4-17(5-3-7)9-16-15-8(18-9)10(12,13)14/h6-7H,2-5H2,1H3. The summed E-state index contributed by atoms with van der Waals surface area (Å²) in [5.74, 6) is 0.429. The van der Waals surface area contributed by atoms with Gasteiger partial charge < -0.3 is 4.90 Å². The lowest BCUT2D eigenvalue weighted by molar-refractivity contribution is -0.138. The molecule has 1 unspecified atom stereocenters. The quantitative estimate of drug-likeness (QED) is 0.784. The molecule has 0 bridgehead atoms. The van der Waals surface area contributed by atoms with Crippen molar-refractivity contribution < 1.29 is 13.2 Å². The summed E-state index contributed by atoms with van der Waals surface area (Å²) in [5.41, 5.74) is 0.